The van der Waals surface area contributed by atoms with E-state index < -0.39 is 12.1 Å². The summed E-state index contributed by atoms with van der Waals surface area (Å²) < 4.78 is 48.2. The van der Waals surface area contributed by atoms with Crippen LogP contribution in [0.5, 0.6) is 11.5 Å². The summed E-state index contributed by atoms with van der Waals surface area (Å²) in [4.78, 5) is 13.9. The molecule has 4 nitrogen and oxygen atoms in total. The van der Waals surface area contributed by atoms with Gasteiger partial charge in [-0.2, -0.15) is 13.2 Å². The molecule has 2 aromatic rings. The van der Waals surface area contributed by atoms with E-state index in [9.17, 15) is 18.0 Å². The molecule has 0 radical (unpaired) electrons. The number of carbonyl (C=O) groups is 1. The minimum absolute atomic E-state index is 0.166. The van der Waals surface area contributed by atoms with Crippen molar-refractivity contribution in [2.75, 3.05) is 20.2 Å². The molecule has 1 heterocycles. The normalized spacial score (nSPS) is 18.0. The highest BCUT2D eigenvalue weighted by atomic mass is 19.4. The fraction of sp³-hybridized carbons (Fsp3) is 0.409. The van der Waals surface area contributed by atoms with Crippen LogP contribution in [0.15, 0.2) is 30.3 Å². The number of ether oxygens (including phenoxy) is 2. The molecule has 0 N–H and O–H groups in total. The fourth-order valence-electron chi connectivity index (χ4n) is 4.55. The molecule has 0 bridgehead atoms. The third kappa shape index (κ3) is 3.37. The predicted molar refractivity (Wildman–Crippen MR) is 102 cm³/mol. The highest BCUT2D eigenvalue weighted by Crippen LogP contribution is 2.51. The molecule has 1 atom stereocenters. The lowest BCUT2D eigenvalue weighted by Crippen LogP contribution is -2.38. The maximum atomic E-state index is 12.7. The van der Waals surface area contributed by atoms with E-state index in [1.54, 1.807) is 6.07 Å². The first-order chi connectivity index (χ1) is 13.8. The van der Waals surface area contributed by atoms with E-state index in [1.165, 1.54) is 24.3 Å². The summed E-state index contributed by atoms with van der Waals surface area (Å²) in [6, 6.07) is 9.41. The number of halogens is 3. The molecular weight excluding hydrogens is 383 g/mol. The van der Waals surface area contributed by atoms with Gasteiger partial charge in [0.05, 0.1) is 7.11 Å². The fourth-order valence-corrected chi connectivity index (χ4v) is 4.55. The van der Waals surface area contributed by atoms with Crippen molar-refractivity contribution in [2.24, 2.45) is 0 Å². The summed E-state index contributed by atoms with van der Waals surface area (Å²) in [5, 5.41) is 0. The van der Waals surface area contributed by atoms with Crippen LogP contribution >= 0.6 is 0 Å². The second-order valence-corrected chi connectivity index (χ2v) is 7.40. The van der Waals surface area contributed by atoms with Crippen molar-refractivity contribution in [3.05, 3.63) is 47.0 Å². The van der Waals surface area contributed by atoms with Gasteiger partial charge in [0, 0.05) is 18.2 Å². The predicted octanol–water partition coefficient (Wildman–Crippen LogP) is 4.70. The Morgan fingerprint density at radius 3 is 2.69 bits per heavy atom. The van der Waals surface area contributed by atoms with Gasteiger partial charge in [0.15, 0.2) is 11.5 Å². The molecule has 7 heteroatoms. The van der Waals surface area contributed by atoms with E-state index in [4.69, 9.17) is 4.74 Å². The summed E-state index contributed by atoms with van der Waals surface area (Å²) in [5.41, 5.74) is 5.09. The zero-order chi connectivity index (χ0) is 20.8. The number of methoxy groups -OCH3 is 1. The molecule has 154 valence electrons. The number of fused-ring (bicyclic) bond motifs is 2. The number of nitrogens with zero attached hydrogens (tertiary/aromatic N) is 1. The Hall–Kier alpha value is -2.54. The van der Waals surface area contributed by atoms with Gasteiger partial charge in [-0.1, -0.05) is 31.2 Å². The van der Waals surface area contributed by atoms with Crippen molar-refractivity contribution in [1.29, 1.82) is 0 Å². The van der Waals surface area contributed by atoms with Crippen LogP contribution in [0.1, 0.15) is 36.1 Å². The van der Waals surface area contributed by atoms with Crippen LogP contribution < -0.4 is 9.47 Å². The Bertz CT molecular complexity index is 955. The van der Waals surface area contributed by atoms with Crippen LogP contribution in [0.4, 0.5) is 13.2 Å². The molecule has 0 spiro atoms. The third-order valence-corrected chi connectivity index (χ3v) is 5.68. The number of carbonyl (C=O) groups excluding carboxylic acids is 1. The Labute approximate surface area is 167 Å². The molecule has 0 aromatic heterocycles. The summed E-state index contributed by atoms with van der Waals surface area (Å²) in [6.07, 6.45) is -2.35. The van der Waals surface area contributed by atoms with Gasteiger partial charge in [-0.05, 0) is 54.1 Å². The number of benzene rings is 2. The first-order valence-corrected chi connectivity index (χ1v) is 9.70. The number of rotatable bonds is 4. The maximum Gasteiger partial charge on any atom is 0.491 e. The minimum atomic E-state index is -5.07. The molecule has 0 saturated heterocycles. The lowest BCUT2D eigenvalue weighted by Gasteiger charge is -2.42. The zero-order valence-electron chi connectivity index (χ0n) is 16.3. The van der Waals surface area contributed by atoms with Crippen LogP contribution in [0.3, 0.4) is 0 Å². The van der Waals surface area contributed by atoms with E-state index >= 15 is 0 Å². The van der Waals surface area contributed by atoms with Crippen LogP contribution in [-0.4, -0.2) is 37.2 Å². The van der Waals surface area contributed by atoms with Gasteiger partial charge in [-0.15, -0.1) is 0 Å². The van der Waals surface area contributed by atoms with Gasteiger partial charge >= 0.3 is 12.1 Å². The molecule has 0 amide bonds. The topological polar surface area (TPSA) is 38.8 Å². The number of esters is 1. The van der Waals surface area contributed by atoms with Crippen LogP contribution in [-0.2, 0) is 17.6 Å². The maximum absolute atomic E-state index is 12.7. The molecule has 29 heavy (non-hydrogen) atoms. The monoisotopic (exact) mass is 405 g/mol. The molecule has 0 unspecified atom stereocenters. The van der Waals surface area contributed by atoms with Crippen molar-refractivity contribution in [3.8, 4) is 22.6 Å². The Morgan fingerprint density at radius 2 is 2.00 bits per heavy atom. The molecule has 2 aliphatic rings. The highest BCUT2D eigenvalue weighted by Gasteiger charge is 2.42. The van der Waals surface area contributed by atoms with Gasteiger partial charge in [-0.3, -0.25) is 4.90 Å². The largest absolute Gasteiger partial charge is 0.492 e. The van der Waals surface area contributed by atoms with Gasteiger partial charge in [0.1, 0.15) is 0 Å². The van der Waals surface area contributed by atoms with Gasteiger partial charge in [0.2, 0.25) is 0 Å². The summed E-state index contributed by atoms with van der Waals surface area (Å²) in [7, 11) is 1.38. The summed E-state index contributed by atoms with van der Waals surface area (Å²) in [5.74, 6) is -2.31. The van der Waals surface area contributed by atoms with E-state index in [0.29, 0.717) is 5.56 Å². The van der Waals surface area contributed by atoms with Crippen molar-refractivity contribution in [3.63, 3.8) is 0 Å². The number of hydrogen-bond donors (Lipinski definition) is 0. The summed E-state index contributed by atoms with van der Waals surface area (Å²) >= 11 is 0. The lowest BCUT2D eigenvalue weighted by molar-refractivity contribution is -0.189. The molecule has 1 aliphatic heterocycles. The van der Waals surface area contributed by atoms with E-state index in [0.717, 1.165) is 43.5 Å². The smallest absolute Gasteiger partial charge is 0.491 e. The number of hydrogen-bond acceptors (Lipinski definition) is 4. The van der Waals surface area contributed by atoms with Crippen molar-refractivity contribution >= 4 is 5.97 Å². The van der Waals surface area contributed by atoms with Gasteiger partial charge < -0.3 is 9.47 Å². The second-order valence-electron chi connectivity index (χ2n) is 7.40. The first-order valence-electron chi connectivity index (χ1n) is 9.70. The van der Waals surface area contributed by atoms with Crippen molar-refractivity contribution < 1.29 is 27.4 Å². The molecule has 0 fully saturated rings. The zero-order valence-corrected chi connectivity index (χ0v) is 16.3. The lowest BCUT2D eigenvalue weighted by atomic mass is 9.76. The third-order valence-electron chi connectivity index (χ3n) is 5.68. The van der Waals surface area contributed by atoms with E-state index in [2.05, 4.69) is 22.6 Å². The Kier molecular flexibility index (Phi) is 5.02. The van der Waals surface area contributed by atoms with E-state index in [-0.39, 0.29) is 17.5 Å². The average Bonchev–Trinajstić information content (AvgIpc) is 2.69. The average molecular weight is 405 g/mol. The molecule has 2 aromatic carbocycles. The summed E-state index contributed by atoms with van der Waals surface area (Å²) in [6.45, 7) is 4.14. The Balaban J connectivity index is 1.84. The van der Waals surface area contributed by atoms with Gasteiger partial charge in [-0.25, -0.2) is 4.79 Å². The van der Waals surface area contributed by atoms with E-state index in [1.807, 2.05) is 12.1 Å². The van der Waals surface area contributed by atoms with Crippen LogP contribution in [0, 0.1) is 0 Å². The van der Waals surface area contributed by atoms with Crippen LogP contribution in [0.2, 0.25) is 0 Å². The molecule has 4 rings (SSSR count). The minimum Gasteiger partial charge on any atom is -0.492 e. The van der Waals surface area contributed by atoms with Crippen molar-refractivity contribution in [1.82, 2.24) is 4.90 Å². The first kappa shape index (κ1) is 19.8. The standard InChI is InChI=1S/C22H22F3NO3/c1-3-10-26-11-9-13-5-4-6-15-18(13)16(26)12-14-7-8-17(20(28-2)19(14)15)29-21(27)22(23,24)25/h4-8,16H,3,9-12H2,1-2H3/t16-/m1/s1. The Morgan fingerprint density at radius 1 is 1.21 bits per heavy atom. The van der Waals surface area contributed by atoms with Crippen LogP contribution in [0.25, 0.3) is 11.1 Å². The highest BCUT2D eigenvalue weighted by molar-refractivity contribution is 5.85. The molecule has 0 saturated carbocycles. The quantitative estimate of drug-likeness (QED) is 0.546. The second kappa shape index (κ2) is 7.37. The van der Waals surface area contributed by atoms with Crippen molar-refractivity contribution in [2.45, 2.75) is 38.4 Å². The molecule has 1 aliphatic carbocycles. The van der Waals surface area contributed by atoms with Gasteiger partial charge in [0.25, 0.3) is 0 Å². The molecular formula is C22H22F3NO3. The number of alkyl halides is 3. The SMILES string of the molecule is CCCN1CCc2cccc3c2[C@H]1Cc1ccc(OC(=O)C(F)(F)F)c(OC)c1-3.